The van der Waals surface area contributed by atoms with Gasteiger partial charge < -0.3 is 19.9 Å². The third kappa shape index (κ3) is 5.44. The highest BCUT2D eigenvalue weighted by atomic mass is 127. The number of methoxy groups -OCH3 is 1. The number of guanidine groups is 1. The lowest BCUT2D eigenvalue weighted by atomic mass is 10.2. The second-order valence-corrected chi connectivity index (χ2v) is 6.02. The first-order valence-corrected chi connectivity index (χ1v) is 8.65. The van der Waals surface area contributed by atoms with Crippen molar-refractivity contribution in [1.29, 1.82) is 0 Å². The summed E-state index contributed by atoms with van der Waals surface area (Å²) in [5.74, 6) is 1.27. The molecule has 0 amide bonds. The molecule has 2 heterocycles. The number of hydrogen-bond acceptors (Lipinski definition) is 4. The Bertz CT molecular complexity index is 748. The molecule has 0 atom stereocenters. The zero-order valence-corrected chi connectivity index (χ0v) is 17.9. The lowest BCUT2D eigenvalue weighted by molar-refractivity contribution is 0.370. The fourth-order valence-electron chi connectivity index (χ4n) is 3.08. The van der Waals surface area contributed by atoms with Gasteiger partial charge in [-0.05, 0) is 30.3 Å². The van der Waals surface area contributed by atoms with Crippen molar-refractivity contribution in [3.05, 3.63) is 54.0 Å². The standard InChI is InChI=1S/C19H24FN5O.HI/c1-21-19(23-14-15-4-3-9-22-18(15)26-2)25-12-10-24(11-13-25)17-7-5-16(20)6-8-17;/h3-9H,10-14H2,1-2H3,(H,21,23);1H. The van der Waals surface area contributed by atoms with Gasteiger partial charge in [-0.15, -0.1) is 24.0 Å². The van der Waals surface area contributed by atoms with Crippen LogP contribution >= 0.6 is 24.0 Å². The van der Waals surface area contributed by atoms with E-state index in [0.717, 1.165) is 43.4 Å². The molecule has 8 heteroatoms. The van der Waals surface area contributed by atoms with Crippen LogP contribution in [0.3, 0.4) is 0 Å². The van der Waals surface area contributed by atoms with Crippen LogP contribution in [-0.2, 0) is 6.54 Å². The van der Waals surface area contributed by atoms with E-state index in [1.165, 1.54) is 12.1 Å². The fourth-order valence-corrected chi connectivity index (χ4v) is 3.08. The molecule has 1 aromatic carbocycles. The van der Waals surface area contributed by atoms with Gasteiger partial charge in [-0.3, -0.25) is 4.99 Å². The molecule has 0 radical (unpaired) electrons. The first-order chi connectivity index (χ1) is 12.7. The van der Waals surface area contributed by atoms with Gasteiger partial charge >= 0.3 is 0 Å². The molecule has 0 unspecified atom stereocenters. The molecule has 1 saturated heterocycles. The van der Waals surface area contributed by atoms with Crippen LogP contribution in [0.25, 0.3) is 0 Å². The smallest absolute Gasteiger partial charge is 0.218 e. The second kappa shape index (κ2) is 10.3. The first-order valence-electron chi connectivity index (χ1n) is 8.65. The number of ether oxygens (including phenoxy) is 1. The van der Waals surface area contributed by atoms with E-state index in [4.69, 9.17) is 4.74 Å². The maximum Gasteiger partial charge on any atom is 0.218 e. The number of benzene rings is 1. The van der Waals surface area contributed by atoms with E-state index in [9.17, 15) is 4.39 Å². The van der Waals surface area contributed by atoms with Crippen LogP contribution in [0.15, 0.2) is 47.6 Å². The number of aromatic nitrogens is 1. The summed E-state index contributed by atoms with van der Waals surface area (Å²) in [7, 11) is 3.41. The highest BCUT2D eigenvalue weighted by Crippen LogP contribution is 2.17. The lowest BCUT2D eigenvalue weighted by Crippen LogP contribution is -2.52. The van der Waals surface area contributed by atoms with Gasteiger partial charge in [0.15, 0.2) is 5.96 Å². The summed E-state index contributed by atoms with van der Waals surface area (Å²) >= 11 is 0. The zero-order valence-electron chi connectivity index (χ0n) is 15.6. The predicted octanol–water partition coefficient (Wildman–Crippen LogP) is 2.74. The molecule has 0 saturated carbocycles. The van der Waals surface area contributed by atoms with E-state index < -0.39 is 0 Å². The Hall–Kier alpha value is -2.10. The van der Waals surface area contributed by atoms with E-state index >= 15 is 0 Å². The lowest BCUT2D eigenvalue weighted by Gasteiger charge is -2.37. The summed E-state index contributed by atoms with van der Waals surface area (Å²) in [5, 5.41) is 3.38. The predicted molar refractivity (Wildman–Crippen MR) is 117 cm³/mol. The number of anilines is 1. The van der Waals surface area contributed by atoms with Crippen LogP contribution in [-0.4, -0.2) is 56.2 Å². The average Bonchev–Trinajstić information content (AvgIpc) is 2.70. The molecule has 6 nitrogen and oxygen atoms in total. The molecule has 1 aliphatic heterocycles. The number of hydrogen-bond donors (Lipinski definition) is 1. The quantitative estimate of drug-likeness (QED) is 0.410. The van der Waals surface area contributed by atoms with E-state index in [0.29, 0.717) is 12.4 Å². The molecule has 0 bridgehead atoms. The zero-order chi connectivity index (χ0) is 18.4. The molecule has 3 rings (SSSR count). The second-order valence-electron chi connectivity index (χ2n) is 6.02. The van der Waals surface area contributed by atoms with Crippen molar-refractivity contribution in [3.63, 3.8) is 0 Å². The van der Waals surface area contributed by atoms with Gasteiger partial charge in [0, 0.05) is 57.2 Å². The molecule has 1 aromatic heterocycles. The topological polar surface area (TPSA) is 53.0 Å². The van der Waals surface area contributed by atoms with Crippen LogP contribution in [0.2, 0.25) is 0 Å². The van der Waals surface area contributed by atoms with Gasteiger partial charge in [-0.1, -0.05) is 6.07 Å². The van der Waals surface area contributed by atoms with Crippen molar-refractivity contribution in [2.45, 2.75) is 6.54 Å². The van der Waals surface area contributed by atoms with Gasteiger partial charge in [0.05, 0.1) is 7.11 Å². The summed E-state index contributed by atoms with van der Waals surface area (Å²) in [6.07, 6.45) is 1.71. The van der Waals surface area contributed by atoms with Crippen molar-refractivity contribution in [3.8, 4) is 5.88 Å². The third-order valence-corrected chi connectivity index (χ3v) is 4.46. The molecule has 0 aliphatic carbocycles. The molecule has 27 heavy (non-hydrogen) atoms. The van der Waals surface area contributed by atoms with Gasteiger partial charge in [0.2, 0.25) is 5.88 Å². The summed E-state index contributed by atoms with van der Waals surface area (Å²) in [6, 6.07) is 10.5. The monoisotopic (exact) mass is 485 g/mol. The van der Waals surface area contributed by atoms with Crippen molar-refractivity contribution < 1.29 is 9.13 Å². The minimum atomic E-state index is -0.206. The van der Waals surface area contributed by atoms with Gasteiger partial charge in [0.1, 0.15) is 5.82 Å². The fraction of sp³-hybridized carbons (Fsp3) is 0.368. The summed E-state index contributed by atoms with van der Waals surface area (Å²) in [4.78, 5) is 13.1. The maximum absolute atomic E-state index is 13.1. The summed E-state index contributed by atoms with van der Waals surface area (Å²) in [5.41, 5.74) is 2.04. The maximum atomic E-state index is 13.1. The van der Waals surface area contributed by atoms with Crippen LogP contribution < -0.4 is 15.0 Å². The molecule has 146 valence electrons. The normalized spacial score (nSPS) is 14.6. The molecule has 1 N–H and O–H groups in total. The molecular formula is C19H25FIN5O. The average molecular weight is 485 g/mol. The van der Waals surface area contributed by atoms with Crippen LogP contribution in [0.5, 0.6) is 5.88 Å². The number of piperazine rings is 1. The number of rotatable bonds is 4. The third-order valence-electron chi connectivity index (χ3n) is 4.46. The largest absolute Gasteiger partial charge is 0.481 e. The SMILES string of the molecule is CN=C(NCc1cccnc1OC)N1CCN(c2ccc(F)cc2)CC1.I. The molecule has 0 spiro atoms. The molecule has 2 aromatic rings. The van der Waals surface area contributed by atoms with Gasteiger partial charge in [-0.2, -0.15) is 0 Å². The van der Waals surface area contributed by atoms with Crippen LogP contribution in [0, 0.1) is 5.82 Å². The Morgan fingerprint density at radius 3 is 2.52 bits per heavy atom. The van der Waals surface area contributed by atoms with Crippen LogP contribution in [0.4, 0.5) is 10.1 Å². The Morgan fingerprint density at radius 1 is 1.19 bits per heavy atom. The molecule has 1 aliphatic rings. The Labute approximate surface area is 176 Å². The first kappa shape index (κ1) is 21.2. The van der Waals surface area contributed by atoms with Crippen LogP contribution in [0.1, 0.15) is 5.56 Å². The Morgan fingerprint density at radius 2 is 1.89 bits per heavy atom. The van der Waals surface area contributed by atoms with Gasteiger partial charge in [-0.25, -0.2) is 9.37 Å². The Balaban J connectivity index is 0.00000261. The van der Waals surface area contributed by atoms with Crippen molar-refractivity contribution in [2.75, 3.05) is 45.2 Å². The molecular weight excluding hydrogens is 460 g/mol. The minimum absolute atomic E-state index is 0. The minimum Gasteiger partial charge on any atom is -0.481 e. The van der Waals surface area contributed by atoms with E-state index in [2.05, 4.69) is 25.1 Å². The van der Waals surface area contributed by atoms with E-state index in [1.54, 1.807) is 20.4 Å². The highest BCUT2D eigenvalue weighted by Gasteiger charge is 2.20. The number of halogens is 2. The summed E-state index contributed by atoms with van der Waals surface area (Å²) < 4.78 is 18.4. The summed E-state index contributed by atoms with van der Waals surface area (Å²) in [6.45, 7) is 4.02. The number of aliphatic imine (C=N–C) groups is 1. The Kier molecular flexibility index (Phi) is 8.08. The van der Waals surface area contributed by atoms with Crippen molar-refractivity contribution >= 4 is 35.6 Å². The van der Waals surface area contributed by atoms with Crippen molar-refractivity contribution in [2.24, 2.45) is 4.99 Å². The number of nitrogens with zero attached hydrogens (tertiary/aromatic N) is 4. The van der Waals surface area contributed by atoms with Gasteiger partial charge in [0.25, 0.3) is 0 Å². The number of pyridine rings is 1. The van der Waals surface area contributed by atoms with E-state index in [1.807, 2.05) is 24.3 Å². The van der Waals surface area contributed by atoms with Crippen molar-refractivity contribution in [1.82, 2.24) is 15.2 Å². The number of nitrogens with one attached hydrogen (secondary N) is 1. The van der Waals surface area contributed by atoms with E-state index in [-0.39, 0.29) is 29.8 Å². The molecule has 1 fully saturated rings. The highest BCUT2D eigenvalue weighted by molar-refractivity contribution is 14.0.